The van der Waals surface area contributed by atoms with Gasteiger partial charge in [-0.3, -0.25) is 4.79 Å². The Labute approximate surface area is 171 Å². The number of para-hydroxylation sites is 1. The minimum atomic E-state index is -0.469. The molecule has 3 aromatic carbocycles. The molecular formula is C23H18N2O5. The summed E-state index contributed by atoms with van der Waals surface area (Å²) >= 11 is 0. The molecule has 1 heterocycles. The Morgan fingerprint density at radius 3 is 2.37 bits per heavy atom. The molecule has 0 saturated heterocycles. The predicted molar refractivity (Wildman–Crippen MR) is 113 cm³/mol. The summed E-state index contributed by atoms with van der Waals surface area (Å²) in [5.74, 6) is 0.564. The van der Waals surface area contributed by atoms with E-state index in [0.29, 0.717) is 33.7 Å². The number of nitrogens with zero attached hydrogens (tertiary/aromatic N) is 1. The largest absolute Gasteiger partial charge is 0.496 e. The summed E-state index contributed by atoms with van der Waals surface area (Å²) in [6.07, 6.45) is 0. The maximum atomic E-state index is 12.9. The molecule has 0 unspecified atom stereocenters. The Kier molecular flexibility index (Phi) is 5.17. The van der Waals surface area contributed by atoms with Gasteiger partial charge in [0.05, 0.1) is 25.1 Å². The van der Waals surface area contributed by atoms with E-state index in [1.807, 2.05) is 0 Å². The third-order valence-corrected chi connectivity index (χ3v) is 4.56. The fourth-order valence-electron chi connectivity index (χ4n) is 3.14. The topological polar surface area (TPSA) is 90.7 Å². The van der Waals surface area contributed by atoms with Crippen LogP contribution in [-0.2, 0) is 0 Å². The average Bonchev–Trinajstić information content (AvgIpc) is 2.78. The molecule has 7 nitrogen and oxygen atoms in total. The SMILES string of the molecule is COc1cccc(OC)c1C(=O)Nc1cccc(-c2nc3ccccc3c(=O)o2)c1. The lowest BCUT2D eigenvalue weighted by Gasteiger charge is -2.13. The molecule has 150 valence electrons. The summed E-state index contributed by atoms with van der Waals surface area (Å²) in [4.78, 5) is 29.6. The number of benzene rings is 3. The summed E-state index contributed by atoms with van der Waals surface area (Å²) in [6, 6.07) is 19.0. The molecule has 1 N–H and O–H groups in total. The minimum absolute atomic E-state index is 0.171. The Hall–Kier alpha value is -4.13. The molecular weight excluding hydrogens is 384 g/mol. The predicted octanol–water partition coefficient (Wildman–Crippen LogP) is 4.12. The number of nitrogens with one attached hydrogen (secondary N) is 1. The normalized spacial score (nSPS) is 10.6. The zero-order valence-corrected chi connectivity index (χ0v) is 16.3. The fourth-order valence-corrected chi connectivity index (χ4v) is 3.14. The molecule has 7 heteroatoms. The van der Waals surface area contributed by atoms with E-state index < -0.39 is 11.5 Å². The molecule has 0 bridgehead atoms. The van der Waals surface area contributed by atoms with Crippen LogP contribution < -0.4 is 20.4 Å². The first-order valence-electron chi connectivity index (χ1n) is 9.13. The Morgan fingerprint density at radius 2 is 1.63 bits per heavy atom. The lowest BCUT2D eigenvalue weighted by Crippen LogP contribution is -2.14. The third kappa shape index (κ3) is 3.60. The second kappa shape index (κ2) is 8.08. The molecule has 0 aliphatic heterocycles. The first-order valence-corrected chi connectivity index (χ1v) is 9.13. The van der Waals surface area contributed by atoms with Crippen molar-refractivity contribution in [1.82, 2.24) is 4.98 Å². The summed E-state index contributed by atoms with van der Waals surface area (Å²) < 4.78 is 16.0. The van der Waals surface area contributed by atoms with E-state index in [9.17, 15) is 9.59 Å². The summed E-state index contributed by atoms with van der Waals surface area (Å²) in [6.45, 7) is 0. The van der Waals surface area contributed by atoms with Crippen molar-refractivity contribution in [3.8, 4) is 23.0 Å². The number of aromatic nitrogens is 1. The number of carbonyl (C=O) groups is 1. The number of anilines is 1. The van der Waals surface area contributed by atoms with Gasteiger partial charge in [-0.15, -0.1) is 0 Å². The molecule has 0 spiro atoms. The monoisotopic (exact) mass is 402 g/mol. The molecule has 0 aliphatic rings. The van der Waals surface area contributed by atoms with Crippen LogP contribution in [0.2, 0.25) is 0 Å². The fraction of sp³-hybridized carbons (Fsp3) is 0.0870. The molecule has 0 saturated carbocycles. The Morgan fingerprint density at radius 1 is 0.933 bits per heavy atom. The second-order valence-corrected chi connectivity index (χ2v) is 6.40. The number of ether oxygens (including phenoxy) is 2. The van der Waals surface area contributed by atoms with Gasteiger partial charge in [0.1, 0.15) is 17.1 Å². The van der Waals surface area contributed by atoms with Crippen LogP contribution >= 0.6 is 0 Å². The van der Waals surface area contributed by atoms with Gasteiger partial charge >= 0.3 is 5.63 Å². The van der Waals surface area contributed by atoms with Crippen molar-refractivity contribution < 1.29 is 18.7 Å². The van der Waals surface area contributed by atoms with Crippen LogP contribution in [0.25, 0.3) is 22.4 Å². The number of methoxy groups -OCH3 is 2. The van der Waals surface area contributed by atoms with E-state index in [2.05, 4.69) is 10.3 Å². The Bertz CT molecular complexity index is 1270. The molecule has 0 fully saturated rings. The zero-order valence-electron chi connectivity index (χ0n) is 16.3. The lowest BCUT2D eigenvalue weighted by atomic mass is 10.1. The minimum Gasteiger partial charge on any atom is -0.496 e. The van der Waals surface area contributed by atoms with Crippen molar-refractivity contribution in [2.75, 3.05) is 19.5 Å². The number of hydrogen-bond acceptors (Lipinski definition) is 6. The van der Waals surface area contributed by atoms with E-state index in [0.717, 1.165) is 0 Å². The Balaban J connectivity index is 1.69. The maximum absolute atomic E-state index is 12.9. The summed E-state index contributed by atoms with van der Waals surface area (Å²) in [5, 5.41) is 3.23. The molecule has 4 aromatic rings. The van der Waals surface area contributed by atoms with Crippen LogP contribution in [0.15, 0.2) is 75.9 Å². The highest BCUT2D eigenvalue weighted by Gasteiger charge is 2.18. The van der Waals surface area contributed by atoms with E-state index in [1.165, 1.54) is 14.2 Å². The highest BCUT2D eigenvalue weighted by atomic mass is 16.5. The highest BCUT2D eigenvalue weighted by molar-refractivity contribution is 6.08. The van der Waals surface area contributed by atoms with E-state index in [-0.39, 0.29) is 11.5 Å². The molecule has 30 heavy (non-hydrogen) atoms. The summed E-state index contributed by atoms with van der Waals surface area (Å²) in [5.41, 5.74) is 1.41. The molecule has 0 radical (unpaired) electrons. The van der Waals surface area contributed by atoms with Crippen LogP contribution in [-0.4, -0.2) is 25.1 Å². The average molecular weight is 402 g/mol. The van der Waals surface area contributed by atoms with Gasteiger partial charge in [-0.1, -0.05) is 24.3 Å². The van der Waals surface area contributed by atoms with Crippen LogP contribution in [0.3, 0.4) is 0 Å². The van der Waals surface area contributed by atoms with Gasteiger partial charge in [0.15, 0.2) is 0 Å². The molecule has 1 aromatic heterocycles. The first kappa shape index (κ1) is 19.2. The standard InChI is InChI=1S/C23H18N2O5/c1-28-18-11-6-12-19(29-2)20(18)21(26)24-15-8-5-7-14(13-15)22-25-17-10-4-3-9-16(17)23(27)30-22/h3-13H,1-2H3,(H,24,26). The molecule has 4 rings (SSSR count). The van der Waals surface area contributed by atoms with Crippen LogP contribution in [0.5, 0.6) is 11.5 Å². The molecule has 0 aliphatic carbocycles. The van der Waals surface area contributed by atoms with Crippen molar-refractivity contribution >= 4 is 22.5 Å². The number of rotatable bonds is 5. The summed E-state index contributed by atoms with van der Waals surface area (Å²) in [7, 11) is 2.97. The lowest BCUT2D eigenvalue weighted by molar-refractivity contribution is 0.102. The quantitative estimate of drug-likeness (QED) is 0.540. The van der Waals surface area contributed by atoms with Gasteiger partial charge < -0.3 is 19.2 Å². The van der Waals surface area contributed by atoms with Gasteiger partial charge in [-0.05, 0) is 42.5 Å². The second-order valence-electron chi connectivity index (χ2n) is 6.40. The van der Waals surface area contributed by atoms with Crippen LogP contribution in [0.1, 0.15) is 10.4 Å². The number of carbonyl (C=O) groups excluding carboxylic acids is 1. The third-order valence-electron chi connectivity index (χ3n) is 4.56. The number of amides is 1. The van der Waals surface area contributed by atoms with Gasteiger partial charge in [0.25, 0.3) is 5.91 Å². The van der Waals surface area contributed by atoms with Crippen LogP contribution in [0, 0.1) is 0 Å². The van der Waals surface area contributed by atoms with Gasteiger partial charge in [0.2, 0.25) is 5.89 Å². The van der Waals surface area contributed by atoms with E-state index in [4.69, 9.17) is 13.9 Å². The number of fused-ring (bicyclic) bond motifs is 1. The molecule has 1 amide bonds. The maximum Gasteiger partial charge on any atom is 0.347 e. The van der Waals surface area contributed by atoms with Crippen molar-refractivity contribution in [3.05, 3.63) is 82.7 Å². The van der Waals surface area contributed by atoms with E-state index in [1.54, 1.807) is 66.7 Å². The van der Waals surface area contributed by atoms with Crippen molar-refractivity contribution in [3.63, 3.8) is 0 Å². The van der Waals surface area contributed by atoms with Gasteiger partial charge in [0, 0.05) is 11.3 Å². The first-order chi connectivity index (χ1) is 14.6. The van der Waals surface area contributed by atoms with E-state index >= 15 is 0 Å². The molecule has 0 atom stereocenters. The van der Waals surface area contributed by atoms with Crippen molar-refractivity contribution in [2.24, 2.45) is 0 Å². The van der Waals surface area contributed by atoms with Gasteiger partial charge in [-0.25, -0.2) is 9.78 Å². The van der Waals surface area contributed by atoms with Crippen molar-refractivity contribution in [2.45, 2.75) is 0 Å². The van der Waals surface area contributed by atoms with Gasteiger partial charge in [-0.2, -0.15) is 0 Å². The zero-order chi connectivity index (χ0) is 21.1. The number of hydrogen-bond donors (Lipinski definition) is 1. The van der Waals surface area contributed by atoms with Crippen LogP contribution in [0.4, 0.5) is 5.69 Å². The highest BCUT2D eigenvalue weighted by Crippen LogP contribution is 2.29. The smallest absolute Gasteiger partial charge is 0.347 e. The van der Waals surface area contributed by atoms with Crippen molar-refractivity contribution in [1.29, 1.82) is 0 Å².